The van der Waals surface area contributed by atoms with Crippen LogP contribution >= 0.6 is 0 Å². The zero-order valence-electron chi connectivity index (χ0n) is 9.67. The third kappa shape index (κ3) is 2.63. The Balaban J connectivity index is 3.40. The Hall–Kier alpha value is -1.86. The number of ether oxygens (including phenoxy) is 2. The number of nitrogens with two attached hydrogens (primary N) is 2. The predicted octanol–water partition coefficient (Wildman–Crippen LogP) is 0.571. The highest BCUT2D eigenvalue weighted by molar-refractivity contribution is 5.55. The summed E-state index contributed by atoms with van der Waals surface area (Å²) in [5, 5.41) is 10.9. The van der Waals surface area contributed by atoms with Crippen molar-refractivity contribution in [1.29, 1.82) is 0 Å². The molecule has 4 N–H and O–H groups in total. The zero-order chi connectivity index (χ0) is 13.0. The van der Waals surface area contributed by atoms with Gasteiger partial charge in [0.05, 0.1) is 30.8 Å². The minimum Gasteiger partial charge on any atom is -0.493 e. The molecule has 0 fully saturated rings. The summed E-state index contributed by atoms with van der Waals surface area (Å²) in [7, 11) is 2.85. The van der Waals surface area contributed by atoms with Gasteiger partial charge in [-0.15, -0.1) is 0 Å². The molecule has 17 heavy (non-hydrogen) atoms. The summed E-state index contributed by atoms with van der Waals surface area (Å²) in [6.07, 6.45) is 0. The van der Waals surface area contributed by atoms with Crippen molar-refractivity contribution in [2.75, 3.05) is 20.8 Å². The summed E-state index contributed by atoms with van der Waals surface area (Å²) in [6, 6.07) is 2.15. The first kappa shape index (κ1) is 13.2. The van der Waals surface area contributed by atoms with Gasteiger partial charge in [-0.05, 0) is 6.07 Å². The summed E-state index contributed by atoms with van der Waals surface area (Å²) in [5.74, 6) is 0.671. The number of rotatable bonds is 5. The highest BCUT2D eigenvalue weighted by atomic mass is 16.6. The summed E-state index contributed by atoms with van der Waals surface area (Å²) >= 11 is 0. The van der Waals surface area contributed by atoms with E-state index in [1.54, 1.807) is 0 Å². The normalized spacial score (nSPS) is 12.0. The summed E-state index contributed by atoms with van der Waals surface area (Å²) in [4.78, 5) is 10.4. The largest absolute Gasteiger partial charge is 0.493 e. The van der Waals surface area contributed by atoms with Crippen molar-refractivity contribution in [1.82, 2.24) is 0 Å². The van der Waals surface area contributed by atoms with Gasteiger partial charge in [0.15, 0.2) is 11.5 Å². The van der Waals surface area contributed by atoms with Crippen molar-refractivity contribution in [3.8, 4) is 11.5 Å². The molecule has 0 aliphatic rings. The Labute approximate surface area is 98.5 Å². The standard InChI is InChI=1S/C10H15N3O4/c1-16-9-3-6(7(12)5-11)8(13(14)15)4-10(9)17-2/h3-4,7H,5,11-12H2,1-2H3. The number of nitro benzene ring substituents is 1. The maximum atomic E-state index is 10.9. The van der Waals surface area contributed by atoms with Crippen molar-refractivity contribution in [3.05, 3.63) is 27.8 Å². The minimum absolute atomic E-state index is 0.107. The van der Waals surface area contributed by atoms with Gasteiger partial charge >= 0.3 is 0 Å². The van der Waals surface area contributed by atoms with E-state index < -0.39 is 11.0 Å². The summed E-state index contributed by atoms with van der Waals surface area (Å²) in [5.41, 5.74) is 11.3. The molecule has 0 aliphatic heterocycles. The summed E-state index contributed by atoms with van der Waals surface area (Å²) in [6.45, 7) is 0.107. The number of methoxy groups -OCH3 is 2. The molecule has 0 saturated carbocycles. The number of nitrogens with zero attached hydrogens (tertiary/aromatic N) is 1. The molecule has 0 bridgehead atoms. The van der Waals surface area contributed by atoms with Crippen LogP contribution in [0.15, 0.2) is 12.1 Å². The SMILES string of the molecule is COc1cc(C(N)CN)c([N+](=O)[O-])cc1OC. The maximum Gasteiger partial charge on any atom is 0.278 e. The quantitative estimate of drug-likeness (QED) is 0.575. The Morgan fingerprint density at radius 3 is 2.29 bits per heavy atom. The number of hydrogen-bond acceptors (Lipinski definition) is 6. The zero-order valence-corrected chi connectivity index (χ0v) is 9.67. The lowest BCUT2D eigenvalue weighted by molar-refractivity contribution is -0.385. The first-order valence-electron chi connectivity index (χ1n) is 4.91. The molecule has 0 spiro atoms. The predicted molar refractivity (Wildman–Crippen MR) is 62.2 cm³/mol. The second-order valence-electron chi connectivity index (χ2n) is 3.37. The van der Waals surface area contributed by atoms with E-state index >= 15 is 0 Å². The van der Waals surface area contributed by atoms with Crippen LogP contribution in [-0.4, -0.2) is 25.7 Å². The lowest BCUT2D eigenvalue weighted by Crippen LogP contribution is -2.21. The average Bonchev–Trinajstić information content (AvgIpc) is 2.35. The number of nitro groups is 1. The highest BCUT2D eigenvalue weighted by Crippen LogP contribution is 2.36. The fourth-order valence-electron chi connectivity index (χ4n) is 1.47. The Morgan fingerprint density at radius 1 is 1.35 bits per heavy atom. The van der Waals surface area contributed by atoms with Gasteiger partial charge in [-0.3, -0.25) is 10.1 Å². The third-order valence-corrected chi connectivity index (χ3v) is 2.38. The number of benzene rings is 1. The fraction of sp³-hybridized carbons (Fsp3) is 0.400. The second kappa shape index (κ2) is 5.46. The molecule has 0 saturated heterocycles. The molecule has 1 unspecified atom stereocenters. The van der Waals surface area contributed by atoms with Crippen LogP contribution in [0, 0.1) is 10.1 Å². The van der Waals surface area contributed by atoms with Gasteiger partial charge in [-0.2, -0.15) is 0 Å². The molecule has 0 radical (unpaired) electrons. The smallest absolute Gasteiger partial charge is 0.278 e. The van der Waals surface area contributed by atoms with E-state index in [4.69, 9.17) is 20.9 Å². The average molecular weight is 241 g/mol. The van der Waals surface area contributed by atoms with Crippen molar-refractivity contribution in [2.24, 2.45) is 11.5 Å². The first-order valence-corrected chi connectivity index (χ1v) is 4.91. The Morgan fingerprint density at radius 2 is 1.88 bits per heavy atom. The molecule has 0 aliphatic carbocycles. The van der Waals surface area contributed by atoms with E-state index in [9.17, 15) is 10.1 Å². The molecule has 1 aromatic carbocycles. The first-order chi connectivity index (χ1) is 8.04. The lowest BCUT2D eigenvalue weighted by Gasteiger charge is -2.13. The monoisotopic (exact) mass is 241 g/mol. The van der Waals surface area contributed by atoms with Crippen LogP contribution in [0.2, 0.25) is 0 Å². The maximum absolute atomic E-state index is 10.9. The van der Waals surface area contributed by atoms with Gasteiger partial charge < -0.3 is 20.9 Å². The van der Waals surface area contributed by atoms with E-state index in [2.05, 4.69) is 0 Å². The minimum atomic E-state index is -0.616. The van der Waals surface area contributed by atoms with Gasteiger partial charge in [0, 0.05) is 12.6 Å². The molecule has 7 heteroatoms. The highest BCUT2D eigenvalue weighted by Gasteiger charge is 2.22. The van der Waals surface area contributed by atoms with Gasteiger partial charge in [0.2, 0.25) is 0 Å². The van der Waals surface area contributed by atoms with Gasteiger partial charge in [-0.1, -0.05) is 0 Å². The van der Waals surface area contributed by atoms with E-state index in [1.165, 1.54) is 26.4 Å². The second-order valence-corrected chi connectivity index (χ2v) is 3.37. The molecular formula is C10H15N3O4. The Kier molecular flexibility index (Phi) is 4.24. The topological polar surface area (TPSA) is 114 Å². The van der Waals surface area contributed by atoms with Crippen molar-refractivity contribution >= 4 is 5.69 Å². The van der Waals surface area contributed by atoms with Crippen LogP contribution in [0.4, 0.5) is 5.69 Å². The third-order valence-electron chi connectivity index (χ3n) is 2.38. The van der Waals surface area contributed by atoms with Crippen molar-refractivity contribution in [3.63, 3.8) is 0 Å². The van der Waals surface area contributed by atoms with Gasteiger partial charge in [0.1, 0.15) is 0 Å². The molecular weight excluding hydrogens is 226 g/mol. The van der Waals surface area contributed by atoms with E-state index in [-0.39, 0.29) is 18.0 Å². The molecule has 0 heterocycles. The molecule has 1 atom stereocenters. The molecule has 94 valence electrons. The molecule has 1 aromatic rings. The lowest BCUT2D eigenvalue weighted by atomic mass is 10.0. The summed E-state index contributed by atoms with van der Waals surface area (Å²) < 4.78 is 10.1. The fourth-order valence-corrected chi connectivity index (χ4v) is 1.47. The van der Waals surface area contributed by atoms with Crippen molar-refractivity contribution < 1.29 is 14.4 Å². The molecule has 0 aromatic heterocycles. The van der Waals surface area contributed by atoms with E-state index in [0.717, 1.165) is 0 Å². The van der Waals surface area contributed by atoms with Crippen LogP contribution in [0.3, 0.4) is 0 Å². The van der Waals surface area contributed by atoms with Crippen molar-refractivity contribution in [2.45, 2.75) is 6.04 Å². The van der Waals surface area contributed by atoms with E-state index in [0.29, 0.717) is 11.3 Å². The van der Waals surface area contributed by atoms with Crippen LogP contribution in [0.5, 0.6) is 11.5 Å². The molecule has 0 amide bonds. The van der Waals surface area contributed by atoms with Crippen LogP contribution in [0.1, 0.15) is 11.6 Å². The van der Waals surface area contributed by atoms with E-state index in [1.807, 2.05) is 0 Å². The van der Waals surface area contributed by atoms with Gasteiger partial charge in [-0.25, -0.2) is 0 Å². The van der Waals surface area contributed by atoms with Crippen LogP contribution in [-0.2, 0) is 0 Å². The Bertz CT molecular complexity index is 422. The van der Waals surface area contributed by atoms with Crippen LogP contribution in [0.25, 0.3) is 0 Å². The van der Waals surface area contributed by atoms with Crippen LogP contribution < -0.4 is 20.9 Å². The molecule has 1 rings (SSSR count). The van der Waals surface area contributed by atoms with Gasteiger partial charge in [0.25, 0.3) is 5.69 Å². The number of hydrogen-bond donors (Lipinski definition) is 2. The molecule has 7 nitrogen and oxygen atoms in total.